The topological polar surface area (TPSA) is 38.9 Å². The first-order valence-electron chi connectivity index (χ1n) is 16.5. The number of halogens is 1. The molecule has 0 spiro atoms. The van der Waals surface area contributed by atoms with E-state index in [1.165, 1.54) is 28.9 Å². The Kier molecular flexibility index (Phi) is 8.73. The summed E-state index contributed by atoms with van der Waals surface area (Å²) in [5, 5.41) is 3.03. The molecule has 3 aromatic heterocycles. The first-order valence-corrected chi connectivity index (χ1v) is 18.0. The van der Waals surface area contributed by atoms with Crippen LogP contribution in [0.2, 0.25) is 19.6 Å². The maximum atomic E-state index is 13.5. The summed E-state index contributed by atoms with van der Waals surface area (Å²) in [5.41, 5.74) is 6.80. The molecule has 0 unspecified atom stereocenters. The minimum absolute atomic E-state index is 0. The Hall–Kier alpha value is -3.44. The van der Waals surface area contributed by atoms with Crippen molar-refractivity contribution in [2.45, 2.75) is 66.0 Å². The summed E-state index contributed by atoms with van der Waals surface area (Å²) < 4.78 is 50.2. The van der Waals surface area contributed by atoms with Crippen molar-refractivity contribution in [3.63, 3.8) is 0 Å². The van der Waals surface area contributed by atoms with E-state index in [-0.39, 0.29) is 31.5 Å². The molecule has 6 heteroatoms. The Balaban J connectivity index is 0.000000212. The zero-order chi connectivity index (χ0) is 34.3. The average Bonchev–Trinajstić information content (AvgIpc) is 3.37. The fourth-order valence-corrected chi connectivity index (χ4v) is 6.63. The number of fused-ring (bicyclic) bond motifs is 3. The molecule has 6 rings (SSSR count). The maximum absolute atomic E-state index is 13.5. The first-order chi connectivity index (χ1) is 21.9. The van der Waals surface area contributed by atoms with Gasteiger partial charge in [0.2, 0.25) is 0 Å². The predicted octanol–water partition coefficient (Wildman–Crippen LogP) is 10.2. The van der Waals surface area contributed by atoms with Crippen molar-refractivity contribution < 1.29 is 34.4 Å². The Bertz CT molecular complexity index is 2050. The van der Waals surface area contributed by atoms with Crippen molar-refractivity contribution >= 4 is 35.2 Å². The molecule has 0 bridgehead atoms. The molecule has 44 heavy (non-hydrogen) atoms. The van der Waals surface area contributed by atoms with Crippen LogP contribution in [0.1, 0.15) is 61.7 Å². The smallest absolute Gasteiger partial charge is 0.126 e. The number of nitrogens with zero attached hydrogens (tertiary/aromatic N) is 2. The van der Waals surface area contributed by atoms with E-state index < -0.39 is 20.8 Å². The molecule has 3 heterocycles. The van der Waals surface area contributed by atoms with E-state index in [1.54, 1.807) is 24.4 Å². The van der Waals surface area contributed by atoms with E-state index in [9.17, 15) is 4.39 Å². The van der Waals surface area contributed by atoms with Gasteiger partial charge in [-0.2, -0.15) is 0 Å². The van der Waals surface area contributed by atoms with Gasteiger partial charge in [0, 0.05) is 49.4 Å². The number of furan rings is 1. The minimum Gasteiger partial charge on any atom is -0.500 e. The van der Waals surface area contributed by atoms with E-state index >= 15 is 0 Å². The van der Waals surface area contributed by atoms with Gasteiger partial charge < -0.3 is 14.4 Å². The summed E-state index contributed by atoms with van der Waals surface area (Å²) >= 11 is 0. The first kappa shape index (κ1) is 28.1. The number of aryl methyl sites for hydroxylation is 1. The van der Waals surface area contributed by atoms with Crippen LogP contribution in [0.3, 0.4) is 0 Å². The van der Waals surface area contributed by atoms with E-state index in [2.05, 4.69) is 61.7 Å². The van der Waals surface area contributed by atoms with Crippen LogP contribution in [-0.2, 0) is 20.1 Å². The van der Waals surface area contributed by atoms with E-state index in [0.717, 1.165) is 38.9 Å². The summed E-state index contributed by atoms with van der Waals surface area (Å²) in [5.74, 6) is -0.603. The summed E-state index contributed by atoms with van der Waals surface area (Å²) in [6.07, 6.45) is 3.69. The molecular weight excluding hydrogens is 740 g/mol. The molecule has 0 N–H and O–H groups in total. The second-order valence-electron chi connectivity index (χ2n) is 12.3. The molecule has 3 nitrogen and oxygen atoms in total. The van der Waals surface area contributed by atoms with Gasteiger partial charge in [-0.1, -0.05) is 88.4 Å². The largest absolute Gasteiger partial charge is 0.500 e. The number of pyridine rings is 2. The summed E-state index contributed by atoms with van der Waals surface area (Å²) in [7, 11) is -1.61. The molecule has 0 aliphatic rings. The molecule has 229 valence electrons. The van der Waals surface area contributed by atoms with E-state index in [0.29, 0.717) is 17.1 Å². The molecule has 0 saturated carbocycles. The monoisotopic (exact) mass is 783 g/mol. The molecule has 0 fully saturated rings. The Morgan fingerprint density at radius 2 is 1.70 bits per heavy atom. The van der Waals surface area contributed by atoms with Gasteiger partial charge in [0.1, 0.15) is 11.4 Å². The van der Waals surface area contributed by atoms with Gasteiger partial charge in [-0.25, -0.2) is 4.39 Å². The van der Waals surface area contributed by atoms with Crippen LogP contribution >= 0.6 is 0 Å². The molecule has 0 aliphatic carbocycles. The average molecular weight is 783 g/mol. The molecule has 6 aromatic rings. The fourth-order valence-electron chi connectivity index (χ4n) is 5.05. The van der Waals surface area contributed by atoms with Crippen LogP contribution in [0.4, 0.5) is 4.39 Å². The van der Waals surface area contributed by atoms with Crippen molar-refractivity contribution in [1.29, 1.82) is 0 Å². The van der Waals surface area contributed by atoms with Crippen molar-refractivity contribution in [3.05, 3.63) is 114 Å². The van der Waals surface area contributed by atoms with Gasteiger partial charge in [-0.3, -0.25) is 0 Å². The van der Waals surface area contributed by atoms with Crippen molar-refractivity contribution in [2.24, 2.45) is 0 Å². The van der Waals surface area contributed by atoms with Crippen LogP contribution in [-0.4, -0.2) is 18.0 Å². The molecule has 0 aliphatic heterocycles. The van der Waals surface area contributed by atoms with E-state index in [1.807, 2.05) is 44.3 Å². The Morgan fingerprint density at radius 1 is 0.909 bits per heavy atom. The van der Waals surface area contributed by atoms with Crippen LogP contribution in [0.25, 0.3) is 44.5 Å². The fraction of sp³-hybridized carbons (Fsp3) is 0.263. The molecular formula is C38H39FIrN2OSi-2. The molecule has 0 amide bonds. The van der Waals surface area contributed by atoms with Crippen molar-refractivity contribution in [1.82, 2.24) is 9.97 Å². The molecule has 0 saturated heterocycles. The quantitative estimate of drug-likeness (QED) is 0.129. The standard InChI is InChI=1S/C20H15FNO.C18H24NSi.Ir/c1-12(2)13-8-9-22-18(10-13)17-5-3-4-16-15-7-6-14(21)11-19(15)23-20(16)17;1-13(2)16-11-17(15-9-7-14(3)8-10-15)19-12-18(16)20(4,5)6;/h3-4,6-12H,1-2H3;7-9,11-13H,1-6H3;/q2*-1;/i;3D3,13D;. The van der Waals surface area contributed by atoms with Gasteiger partial charge in [0.15, 0.2) is 0 Å². The zero-order valence-corrected chi connectivity index (χ0v) is 29.5. The van der Waals surface area contributed by atoms with Gasteiger partial charge in [0.05, 0.1) is 13.7 Å². The summed E-state index contributed by atoms with van der Waals surface area (Å²) in [6, 6.07) is 25.5. The Labute approximate surface area is 280 Å². The number of aromatic nitrogens is 2. The Morgan fingerprint density at radius 3 is 2.36 bits per heavy atom. The third-order valence-corrected chi connectivity index (χ3v) is 9.46. The van der Waals surface area contributed by atoms with Gasteiger partial charge in [-0.05, 0) is 46.6 Å². The van der Waals surface area contributed by atoms with Crippen LogP contribution in [0.5, 0.6) is 0 Å². The second kappa shape index (κ2) is 13.7. The van der Waals surface area contributed by atoms with Crippen LogP contribution in [0, 0.1) is 24.8 Å². The SMILES string of the molecule is CC(C)c1ccnc(-c2[c-]ccc3c2oc2cc(F)ccc23)c1.[2H]C([2H])([2H])c1c[c-]c(-c2cc(C([2H])(C)C)c([Si](C)(C)C)cn2)cc1.[Ir]. The summed E-state index contributed by atoms with van der Waals surface area (Å²) in [6.45, 7) is 12.7. The van der Waals surface area contributed by atoms with E-state index in [4.69, 9.17) is 9.90 Å². The third-order valence-electron chi connectivity index (χ3n) is 7.44. The van der Waals surface area contributed by atoms with Gasteiger partial charge in [-0.15, -0.1) is 53.6 Å². The van der Waals surface area contributed by atoms with Gasteiger partial charge >= 0.3 is 0 Å². The number of benzene rings is 3. The van der Waals surface area contributed by atoms with Crippen LogP contribution in [0.15, 0.2) is 83.5 Å². The minimum atomic E-state index is -2.13. The summed E-state index contributed by atoms with van der Waals surface area (Å²) in [4.78, 5) is 9.03. The van der Waals surface area contributed by atoms with Gasteiger partial charge in [0.25, 0.3) is 0 Å². The molecule has 1 radical (unpaired) electrons. The van der Waals surface area contributed by atoms with Crippen molar-refractivity contribution in [3.8, 4) is 22.5 Å². The third kappa shape index (κ3) is 7.26. The van der Waals surface area contributed by atoms with Crippen LogP contribution < -0.4 is 5.19 Å². The molecule has 3 aromatic carbocycles. The maximum Gasteiger partial charge on any atom is 0.126 e. The number of hydrogen-bond acceptors (Lipinski definition) is 3. The number of rotatable bonds is 5. The predicted molar refractivity (Wildman–Crippen MR) is 180 cm³/mol. The normalized spacial score (nSPS) is 13.4. The zero-order valence-electron chi connectivity index (χ0n) is 30.1. The number of hydrogen-bond donors (Lipinski definition) is 0. The molecule has 0 atom stereocenters. The second-order valence-corrected chi connectivity index (χ2v) is 17.4. The van der Waals surface area contributed by atoms with Crippen molar-refractivity contribution in [2.75, 3.05) is 0 Å².